The second kappa shape index (κ2) is 12.4. The number of hydrogen-bond acceptors (Lipinski definition) is 5. The number of carbonyl (C=O) groups is 1. The van der Waals surface area contributed by atoms with E-state index in [1.165, 1.54) is 16.7 Å². The quantitative estimate of drug-likeness (QED) is 0.196. The predicted octanol–water partition coefficient (Wildman–Crippen LogP) is 6.80. The first-order valence-electron chi connectivity index (χ1n) is 14.0. The third kappa shape index (κ3) is 6.51. The van der Waals surface area contributed by atoms with Crippen molar-refractivity contribution in [2.45, 2.75) is 31.9 Å². The van der Waals surface area contributed by atoms with Gasteiger partial charge in [0.15, 0.2) is 6.79 Å². The van der Waals surface area contributed by atoms with Crippen molar-refractivity contribution < 1.29 is 23.8 Å². The summed E-state index contributed by atoms with van der Waals surface area (Å²) in [6, 6.07) is 35.3. The van der Waals surface area contributed by atoms with Gasteiger partial charge in [-0.3, -0.25) is 9.69 Å². The van der Waals surface area contributed by atoms with E-state index in [0.717, 1.165) is 59.7 Å². The molecule has 41 heavy (non-hydrogen) atoms. The van der Waals surface area contributed by atoms with Gasteiger partial charge in [-0.15, -0.1) is 0 Å². The van der Waals surface area contributed by atoms with Gasteiger partial charge in [0.2, 0.25) is 0 Å². The van der Waals surface area contributed by atoms with Crippen LogP contribution >= 0.6 is 0 Å². The first kappa shape index (κ1) is 26.8. The summed E-state index contributed by atoms with van der Waals surface area (Å²) >= 11 is 0. The van der Waals surface area contributed by atoms with Crippen molar-refractivity contribution in [3.63, 3.8) is 0 Å². The summed E-state index contributed by atoms with van der Waals surface area (Å²) in [6.07, 6.45) is 0.705. The van der Waals surface area contributed by atoms with Crippen LogP contribution in [0.15, 0.2) is 108 Å². The molecule has 0 saturated heterocycles. The molecule has 0 saturated carbocycles. The summed E-state index contributed by atoms with van der Waals surface area (Å²) in [5.74, 6) is 1.12. The van der Waals surface area contributed by atoms with Crippen molar-refractivity contribution in [3.8, 4) is 5.75 Å². The van der Waals surface area contributed by atoms with Crippen LogP contribution < -0.4 is 4.74 Å². The molecule has 1 N–H and O–H groups in total. The third-order valence-electron chi connectivity index (χ3n) is 7.68. The van der Waals surface area contributed by atoms with Gasteiger partial charge in [0.1, 0.15) is 17.1 Å². The minimum absolute atomic E-state index is 0.0189. The number of ether oxygens (including phenoxy) is 2. The largest absolute Gasteiger partial charge is 0.481 e. The molecule has 0 spiro atoms. The number of rotatable bonds is 11. The van der Waals surface area contributed by atoms with Crippen LogP contribution in [0.5, 0.6) is 5.75 Å². The highest BCUT2D eigenvalue weighted by atomic mass is 16.7. The Labute approximate surface area is 239 Å². The number of carboxylic acid groups (broad SMARTS) is 1. The molecule has 6 rings (SSSR count). The van der Waals surface area contributed by atoms with Gasteiger partial charge in [0, 0.05) is 42.9 Å². The average Bonchev–Trinajstić information content (AvgIpc) is 3.41. The van der Waals surface area contributed by atoms with E-state index in [2.05, 4.69) is 83.8 Å². The molecule has 2 heterocycles. The predicted molar refractivity (Wildman–Crippen MR) is 158 cm³/mol. The van der Waals surface area contributed by atoms with E-state index in [4.69, 9.17) is 19.0 Å². The second-order valence-electron chi connectivity index (χ2n) is 10.5. The van der Waals surface area contributed by atoms with Crippen molar-refractivity contribution >= 4 is 16.9 Å². The first-order valence-corrected chi connectivity index (χ1v) is 14.0. The standard InChI is InChI=1S/C35H33NO5/c37-35(38)19-25-14-15-28-20-30(41-34(28)18-25)16-17-36(21-29-12-7-13-33-32(29)23-39-24-40-33)22-31(26-8-3-1-4-9-26)27-10-5-2-6-11-27/h1-15,18,20,31H,16-17,19,21-24H2,(H,37,38). The fraction of sp³-hybridized carbons (Fsp3) is 0.229. The molecule has 6 heteroatoms. The molecule has 1 aliphatic heterocycles. The van der Waals surface area contributed by atoms with Crippen molar-refractivity contribution in [2.24, 2.45) is 0 Å². The van der Waals surface area contributed by atoms with Gasteiger partial charge >= 0.3 is 5.97 Å². The number of carboxylic acids is 1. The van der Waals surface area contributed by atoms with E-state index in [-0.39, 0.29) is 19.1 Å². The number of benzene rings is 4. The minimum Gasteiger partial charge on any atom is -0.481 e. The van der Waals surface area contributed by atoms with E-state index >= 15 is 0 Å². The number of fused-ring (bicyclic) bond motifs is 2. The molecule has 1 aromatic heterocycles. The van der Waals surface area contributed by atoms with Crippen LogP contribution in [0.1, 0.15) is 39.5 Å². The molecule has 208 valence electrons. The Balaban J connectivity index is 1.29. The molecule has 1 aliphatic rings. The van der Waals surface area contributed by atoms with Crippen LogP contribution in [-0.4, -0.2) is 35.9 Å². The molecular weight excluding hydrogens is 514 g/mol. The maximum absolute atomic E-state index is 11.2. The molecule has 0 atom stereocenters. The fourth-order valence-electron chi connectivity index (χ4n) is 5.62. The zero-order valence-corrected chi connectivity index (χ0v) is 22.9. The summed E-state index contributed by atoms with van der Waals surface area (Å²) in [5, 5.41) is 10.2. The molecule has 0 aliphatic carbocycles. The van der Waals surface area contributed by atoms with Crippen molar-refractivity contribution in [3.05, 3.63) is 137 Å². The maximum Gasteiger partial charge on any atom is 0.307 e. The van der Waals surface area contributed by atoms with Gasteiger partial charge in [0.05, 0.1) is 13.0 Å². The average molecular weight is 548 g/mol. The number of nitrogens with zero attached hydrogens (tertiary/aromatic N) is 1. The van der Waals surface area contributed by atoms with Crippen LogP contribution in [0.4, 0.5) is 0 Å². The number of aliphatic carboxylic acids is 1. The second-order valence-corrected chi connectivity index (χ2v) is 10.5. The van der Waals surface area contributed by atoms with E-state index in [9.17, 15) is 4.79 Å². The highest BCUT2D eigenvalue weighted by Gasteiger charge is 2.22. The Kier molecular flexibility index (Phi) is 8.12. The van der Waals surface area contributed by atoms with Crippen LogP contribution in [0.2, 0.25) is 0 Å². The summed E-state index contributed by atoms with van der Waals surface area (Å²) in [4.78, 5) is 13.7. The maximum atomic E-state index is 11.2. The lowest BCUT2D eigenvalue weighted by atomic mass is 9.90. The van der Waals surface area contributed by atoms with Gasteiger partial charge in [-0.25, -0.2) is 0 Å². The number of hydrogen-bond donors (Lipinski definition) is 1. The van der Waals surface area contributed by atoms with Gasteiger partial charge in [-0.2, -0.15) is 0 Å². The van der Waals surface area contributed by atoms with Gasteiger partial charge in [-0.1, -0.05) is 84.9 Å². The summed E-state index contributed by atoms with van der Waals surface area (Å²) in [5.41, 5.74) is 6.32. The molecule has 0 bridgehead atoms. The number of furan rings is 1. The third-order valence-corrected chi connectivity index (χ3v) is 7.68. The minimum atomic E-state index is -0.850. The first-order chi connectivity index (χ1) is 20.1. The van der Waals surface area contributed by atoms with Crippen molar-refractivity contribution in [1.29, 1.82) is 0 Å². The lowest BCUT2D eigenvalue weighted by Gasteiger charge is -2.30. The smallest absolute Gasteiger partial charge is 0.307 e. The molecule has 0 fully saturated rings. The molecule has 0 unspecified atom stereocenters. The molecular formula is C35H33NO5. The zero-order chi connectivity index (χ0) is 28.0. The Bertz CT molecular complexity index is 1570. The van der Waals surface area contributed by atoms with Gasteiger partial charge in [0.25, 0.3) is 0 Å². The Morgan fingerprint density at radius 1 is 0.878 bits per heavy atom. The Hall–Kier alpha value is -4.39. The SMILES string of the molecule is O=C(O)Cc1ccc2cc(CCN(Cc3cccc4c3COCO4)CC(c3ccccc3)c3ccccc3)oc2c1. The van der Waals surface area contributed by atoms with Crippen LogP contribution in [0.3, 0.4) is 0 Å². The van der Waals surface area contributed by atoms with E-state index in [0.29, 0.717) is 6.61 Å². The summed E-state index contributed by atoms with van der Waals surface area (Å²) in [6.45, 7) is 3.17. The Morgan fingerprint density at radius 2 is 1.63 bits per heavy atom. The van der Waals surface area contributed by atoms with Gasteiger partial charge in [-0.05, 0) is 40.5 Å². The highest BCUT2D eigenvalue weighted by molar-refractivity contribution is 5.80. The normalized spacial score (nSPS) is 12.9. The van der Waals surface area contributed by atoms with Crippen molar-refractivity contribution in [1.82, 2.24) is 4.90 Å². The lowest BCUT2D eigenvalue weighted by molar-refractivity contribution is -0.136. The molecule has 6 nitrogen and oxygen atoms in total. The Morgan fingerprint density at radius 3 is 2.37 bits per heavy atom. The van der Waals surface area contributed by atoms with E-state index in [1.807, 2.05) is 24.3 Å². The monoisotopic (exact) mass is 547 g/mol. The fourth-order valence-corrected chi connectivity index (χ4v) is 5.62. The lowest BCUT2D eigenvalue weighted by Crippen LogP contribution is -2.31. The van der Waals surface area contributed by atoms with Crippen molar-refractivity contribution in [2.75, 3.05) is 19.9 Å². The van der Waals surface area contributed by atoms with Crippen LogP contribution in [-0.2, 0) is 35.5 Å². The van der Waals surface area contributed by atoms with Crippen LogP contribution in [0, 0.1) is 0 Å². The van der Waals surface area contributed by atoms with Gasteiger partial charge < -0.3 is 19.0 Å². The topological polar surface area (TPSA) is 72.1 Å². The molecule has 5 aromatic rings. The molecule has 0 amide bonds. The summed E-state index contributed by atoms with van der Waals surface area (Å²) in [7, 11) is 0. The summed E-state index contributed by atoms with van der Waals surface area (Å²) < 4.78 is 17.6. The van der Waals surface area contributed by atoms with E-state index < -0.39 is 5.97 Å². The van der Waals surface area contributed by atoms with E-state index in [1.54, 1.807) is 0 Å². The molecule has 4 aromatic carbocycles. The zero-order valence-electron chi connectivity index (χ0n) is 22.9. The molecule has 0 radical (unpaired) electrons. The highest BCUT2D eigenvalue weighted by Crippen LogP contribution is 2.31. The van der Waals surface area contributed by atoms with Crippen LogP contribution in [0.25, 0.3) is 11.0 Å².